The normalized spacial score (nSPS) is 11.1. The van der Waals surface area contributed by atoms with E-state index in [2.05, 4.69) is 23.3 Å². The van der Waals surface area contributed by atoms with Gasteiger partial charge in [0.25, 0.3) is 0 Å². The first-order chi connectivity index (χ1) is 7.62. The Morgan fingerprint density at radius 1 is 1.19 bits per heavy atom. The number of hydrogen-bond acceptors (Lipinski definition) is 4. The fraction of sp³-hybridized carbons (Fsp3) is 0.909. The molecule has 0 saturated carbocycles. The number of carbonyl (C=O) groups excluding carboxylic acids is 1. The van der Waals surface area contributed by atoms with Crippen molar-refractivity contribution in [3.05, 3.63) is 0 Å². The van der Waals surface area contributed by atoms with Crippen molar-refractivity contribution >= 4 is 29.1 Å². The molecule has 0 aromatic carbocycles. The van der Waals surface area contributed by atoms with Crippen LogP contribution in [0.4, 0.5) is 4.79 Å². The number of rotatable bonds is 6. The van der Waals surface area contributed by atoms with Crippen molar-refractivity contribution in [2.24, 2.45) is 0 Å². The summed E-state index contributed by atoms with van der Waals surface area (Å²) in [5.74, 6) is 0. The molecule has 0 amide bonds. The van der Waals surface area contributed by atoms with Gasteiger partial charge in [0.05, 0.1) is 13.2 Å². The van der Waals surface area contributed by atoms with Gasteiger partial charge in [-0.2, -0.15) is 0 Å². The van der Waals surface area contributed by atoms with E-state index >= 15 is 0 Å². The zero-order valence-corrected chi connectivity index (χ0v) is 13.6. The average molecular weight is 338 g/mol. The van der Waals surface area contributed by atoms with E-state index < -0.39 is 6.16 Å². The van der Waals surface area contributed by atoms with Gasteiger partial charge in [0.1, 0.15) is 0 Å². The van der Waals surface area contributed by atoms with Crippen LogP contribution in [0.15, 0.2) is 0 Å². The Bertz CT molecular complexity index is 145. The summed E-state index contributed by atoms with van der Waals surface area (Å²) in [5, 5.41) is 0. The first-order valence-electron chi connectivity index (χ1n) is 5.74. The second-order valence-corrected chi connectivity index (χ2v) is 3.86. The van der Waals surface area contributed by atoms with Gasteiger partial charge in [0.15, 0.2) is 0 Å². The molecule has 0 aromatic heterocycles. The van der Waals surface area contributed by atoms with Gasteiger partial charge in [0.2, 0.25) is 0 Å². The van der Waals surface area contributed by atoms with E-state index in [0.717, 1.165) is 0 Å². The molecular formula is C11H23O4Sn. The molecular weight excluding hydrogens is 315 g/mol. The Hall–Kier alpha value is 0.0287. The van der Waals surface area contributed by atoms with E-state index in [9.17, 15) is 4.79 Å². The molecule has 16 heavy (non-hydrogen) atoms. The summed E-state index contributed by atoms with van der Waals surface area (Å²) in [6, 6.07) is 0. The maximum atomic E-state index is 10.2. The van der Waals surface area contributed by atoms with E-state index in [1.54, 1.807) is 13.8 Å². The van der Waals surface area contributed by atoms with E-state index in [1.165, 1.54) is 42.2 Å². The van der Waals surface area contributed by atoms with E-state index in [1.807, 2.05) is 0 Å². The minimum atomic E-state index is -0.588. The summed E-state index contributed by atoms with van der Waals surface area (Å²) in [7, 11) is 0. The molecule has 0 aliphatic heterocycles. The topological polar surface area (TPSA) is 44.8 Å². The van der Waals surface area contributed by atoms with Crippen LogP contribution in [0, 0.1) is 0 Å². The third kappa shape index (κ3) is 16.5. The Morgan fingerprint density at radius 2 is 1.69 bits per heavy atom. The maximum absolute atomic E-state index is 10.2. The molecule has 0 aromatic rings. The van der Waals surface area contributed by atoms with Gasteiger partial charge in [-0.15, -0.1) is 0 Å². The van der Waals surface area contributed by atoms with Crippen molar-refractivity contribution in [2.75, 3.05) is 13.2 Å². The second kappa shape index (κ2) is 15.0. The zero-order chi connectivity index (χ0) is 12.8. The molecule has 0 aliphatic carbocycles. The second-order valence-electron chi connectivity index (χ2n) is 3.19. The molecule has 4 nitrogen and oxygen atoms in total. The number of carbonyl (C=O) groups is 1. The Labute approximate surface area is 113 Å². The first kappa shape index (κ1) is 18.4. The molecule has 0 rings (SSSR count). The first-order valence-corrected chi connectivity index (χ1v) is 6.90. The molecule has 0 fully saturated rings. The van der Waals surface area contributed by atoms with Crippen LogP contribution < -0.4 is 0 Å². The molecule has 0 spiro atoms. The van der Waals surface area contributed by atoms with Crippen molar-refractivity contribution in [3.8, 4) is 0 Å². The van der Waals surface area contributed by atoms with Crippen molar-refractivity contribution in [2.45, 2.75) is 53.1 Å². The summed E-state index contributed by atoms with van der Waals surface area (Å²) in [4.78, 5) is 10.2. The molecule has 0 heterocycles. The van der Waals surface area contributed by atoms with Crippen LogP contribution in [0.25, 0.3) is 0 Å². The Balaban J connectivity index is 0. The van der Waals surface area contributed by atoms with E-state index in [4.69, 9.17) is 3.07 Å². The van der Waals surface area contributed by atoms with Gasteiger partial charge in [-0.1, -0.05) is 0 Å². The smallest absolute Gasteiger partial charge is 0.435 e. The van der Waals surface area contributed by atoms with Crippen molar-refractivity contribution in [1.29, 1.82) is 0 Å². The molecule has 1 unspecified atom stereocenters. The van der Waals surface area contributed by atoms with Gasteiger partial charge >= 0.3 is 71.4 Å². The van der Waals surface area contributed by atoms with Crippen molar-refractivity contribution in [1.82, 2.24) is 0 Å². The summed E-state index contributed by atoms with van der Waals surface area (Å²) >= 11 is 1.20. The standard InChI is InChI=1S/C6H13O.C5H10O3.Sn/c1-3-4-5-6(2)7;1-3-7-5(6)8-4-2;/h6H,3-5H2,1-2H3;3-4H2,1-2H3;/q-1;;+1. The molecule has 1 atom stereocenters. The predicted octanol–water partition coefficient (Wildman–Crippen LogP) is 2.84. The summed E-state index contributed by atoms with van der Waals surface area (Å²) < 4.78 is 14.0. The zero-order valence-electron chi connectivity index (χ0n) is 10.7. The van der Waals surface area contributed by atoms with Crippen molar-refractivity contribution < 1.29 is 17.3 Å². The molecule has 0 bridgehead atoms. The average Bonchev–Trinajstić information content (AvgIpc) is 2.27. The van der Waals surface area contributed by atoms with Gasteiger partial charge < -0.3 is 9.47 Å². The van der Waals surface area contributed by atoms with Crippen molar-refractivity contribution in [3.63, 3.8) is 0 Å². The fourth-order valence-corrected chi connectivity index (χ4v) is 1.16. The third-order valence-electron chi connectivity index (χ3n) is 1.69. The monoisotopic (exact) mass is 339 g/mol. The van der Waals surface area contributed by atoms with Gasteiger partial charge in [-0.05, 0) is 13.8 Å². The molecule has 0 saturated heterocycles. The Morgan fingerprint density at radius 3 is 2.00 bits per heavy atom. The minimum absolute atomic E-state index is 0.374. The molecule has 3 radical (unpaired) electrons. The number of ether oxygens (including phenoxy) is 2. The van der Waals surface area contributed by atoms with Crippen LogP contribution in [0.2, 0.25) is 0 Å². The summed E-state index contributed by atoms with van der Waals surface area (Å²) in [6.07, 6.45) is 3.71. The fourth-order valence-electron chi connectivity index (χ4n) is 0.828. The quantitative estimate of drug-likeness (QED) is 0.552. The van der Waals surface area contributed by atoms with Crippen LogP contribution in [0.3, 0.4) is 0 Å². The molecule has 5 heteroatoms. The summed E-state index contributed by atoms with van der Waals surface area (Å²) in [6.45, 7) is 8.55. The van der Waals surface area contributed by atoms with E-state index in [0.29, 0.717) is 19.3 Å². The van der Waals surface area contributed by atoms with Gasteiger partial charge in [-0.25, -0.2) is 4.79 Å². The van der Waals surface area contributed by atoms with Gasteiger partial charge in [0, 0.05) is 0 Å². The van der Waals surface area contributed by atoms with Crippen LogP contribution in [0.5, 0.6) is 0 Å². The van der Waals surface area contributed by atoms with Crippen LogP contribution in [0.1, 0.15) is 47.0 Å². The SMILES string of the molecule is CCCCC(C)[O][Sn].CCOC(=O)OCC. The van der Waals surface area contributed by atoms with Crippen LogP contribution in [-0.4, -0.2) is 48.4 Å². The predicted molar refractivity (Wildman–Crippen MR) is 64.5 cm³/mol. The number of hydrogen-bond donors (Lipinski definition) is 0. The van der Waals surface area contributed by atoms with Crippen LogP contribution >= 0.6 is 0 Å². The summed E-state index contributed by atoms with van der Waals surface area (Å²) in [5.41, 5.74) is 0. The third-order valence-corrected chi connectivity index (χ3v) is 2.84. The largest absolute Gasteiger partial charge is 0.508 e. The van der Waals surface area contributed by atoms with Crippen LogP contribution in [-0.2, 0) is 12.5 Å². The molecule has 0 N–H and O–H groups in total. The van der Waals surface area contributed by atoms with Gasteiger partial charge in [-0.3, -0.25) is 0 Å². The number of unbranched alkanes of at least 4 members (excludes halogenated alkanes) is 1. The maximum Gasteiger partial charge on any atom is 0.508 e. The minimum Gasteiger partial charge on any atom is -0.435 e. The molecule has 95 valence electrons. The van der Waals surface area contributed by atoms with E-state index in [-0.39, 0.29) is 0 Å². The molecule has 0 aliphatic rings. The Kier molecular flexibility index (Phi) is 17.3.